The minimum atomic E-state index is 0.208. The second-order valence-corrected chi connectivity index (χ2v) is 6.09. The van der Waals surface area contributed by atoms with Gasteiger partial charge in [-0.3, -0.25) is 9.88 Å². The lowest BCUT2D eigenvalue weighted by Gasteiger charge is -2.30. The van der Waals surface area contributed by atoms with Crippen molar-refractivity contribution in [2.45, 2.75) is 17.5 Å². The molecule has 0 spiro atoms. The van der Waals surface area contributed by atoms with Crippen molar-refractivity contribution < 1.29 is 4.52 Å². The first kappa shape index (κ1) is 14.5. The first-order valence-electron chi connectivity index (χ1n) is 7.03. The van der Waals surface area contributed by atoms with E-state index < -0.39 is 0 Å². The van der Waals surface area contributed by atoms with Gasteiger partial charge in [-0.05, 0) is 18.7 Å². The monoisotopic (exact) mass is 305 g/mol. The lowest BCUT2D eigenvalue weighted by molar-refractivity contribution is 0.190. The standard InChI is InChI=1S/C14H19N5OS/c1-19-6-5-16-8-12(19)14-17-13(20-18-14)10-21-9-11-3-2-4-15-7-11/h2-4,7,12,16H,5-6,8-10H2,1H3. The molecule has 0 bridgehead atoms. The van der Waals surface area contributed by atoms with Crippen LogP contribution in [0.1, 0.15) is 23.3 Å². The van der Waals surface area contributed by atoms with Gasteiger partial charge in [0.1, 0.15) is 0 Å². The number of thioether (sulfide) groups is 1. The summed E-state index contributed by atoms with van der Waals surface area (Å²) in [4.78, 5) is 10.9. The van der Waals surface area contributed by atoms with Crippen molar-refractivity contribution >= 4 is 11.8 Å². The zero-order valence-corrected chi connectivity index (χ0v) is 12.8. The molecular weight excluding hydrogens is 286 g/mol. The first-order valence-corrected chi connectivity index (χ1v) is 8.18. The smallest absolute Gasteiger partial charge is 0.236 e. The van der Waals surface area contributed by atoms with E-state index >= 15 is 0 Å². The van der Waals surface area contributed by atoms with Gasteiger partial charge < -0.3 is 9.84 Å². The molecule has 1 aliphatic rings. The van der Waals surface area contributed by atoms with Crippen LogP contribution >= 0.6 is 11.8 Å². The van der Waals surface area contributed by atoms with Crippen LogP contribution in [-0.2, 0) is 11.5 Å². The Kier molecular flexibility index (Phi) is 4.84. The summed E-state index contributed by atoms with van der Waals surface area (Å²) in [6.45, 7) is 2.89. The minimum absolute atomic E-state index is 0.208. The van der Waals surface area contributed by atoms with Crippen LogP contribution in [0.2, 0.25) is 0 Å². The number of hydrogen-bond donors (Lipinski definition) is 1. The first-order chi connectivity index (χ1) is 10.3. The van der Waals surface area contributed by atoms with E-state index in [1.807, 2.05) is 12.3 Å². The highest BCUT2D eigenvalue weighted by atomic mass is 32.2. The van der Waals surface area contributed by atoms with E-state index in [2.05, 4.69) is 38.5 Å². The molecule has 0 saturated carbocycles. The number of piperazine rings is 1. The average molecular weight is 305 g/mol. The van der Waals surface area contributed by atoms with Gasteiger partial charge in [-0.2, -0.15) is 4.98 Å². The fourth-order valence-corrected chi connectivity index (χ4v) is 3.10. The highest BCUT2D eigenvalue weighted by molar-refractivity contribution is 7.97. The summed E-state index contributed by atoms with van der Waals surface area (Å²) in [5.41, 5.74) is 1.21. The molecule has 6 nitrogen and oxygen atoms in total. The molecule has 2 aromatic rings. The molecule has 0 amide bonds. The van der Waals surface area contributed by atoms with Gasteiger partial charge in [-0.25, -0.2) is 0 Å². The van der Waals surface area contributed by atoms with E-state index in [4.69, 9.17) is 4.52 Å². The normalized spacial score (nSPS) is 19.8. The van der Waals surface area contributed by atoms with E-state index in [1.165, 1.54) is 5.56 Å². The van der Waals surface area contributed by atoms with E-state index in [0.717, 1.165) is 37.0 Å². The van der Waals surface area contributed by atoms with E-state index in [0.29, 0.717) is 5.89 Å². The molecule has 1 N–H and O–H groups in total. The Morgan fingerprint density at radius 3 is 3.24 bits per heavy atom. The molecule has 1 saturated heterocycles. The van der Waals surface area contributed by atoms with Gasteiger partial charge in [0.25, 0.3) is 0 Å². The largest absolute Gasteiger partial charge is 0.338 e. The number of hydrogen-bond acceptors (Lipinski definition) is 7. The third kappa shape index (κ3) is 3.81. The summed E-state index contributed by atoms with van der Waals surface area (Å²) >= 11 is 1.75. The third-order valence-electron chi connectivity index (χ3n) is 3.51. The van der Waals surface area contributed by atoms with E-state index in [-0.39, 0.29) is 6.04 Å². The highest BCUT2D eigenvalue weighted by Gasteiger charge is 2.25. The fourth-order valence-electron chi connectivity index (χ4n) is 2.30. The molecule has 1 atom stereocenters. The van der Waals surface area contributed by atoms with Gasteiger partial charge in [0.2, 0.25) is 5.89 Å². The lowest BCUT2D eigenvalue weighted by atomic mass is 10.2. The van der Waals surface area contributed by atoms with Crippen molar-refractivity contribution in [3.05, 3.63) is 41.8 Å². The van der Waals surface area contributed by atoms with E-state index in [9.17, 15) is 0 Å². The van der Waals surface area contributed by atoms with Gasteiger partial charge in [0.05, 0.1) is 11.8 Å². The molecule has 3 rings (SSSR count). The summed E-state index contributed by atoms with van der Waals surface area (Å²) in [5.74, 6) is 3.10. The minimum Gasteiger partial charge on any atom is -0.338 e. The Labute approximate surface area is 128 Å². The Morgan fingerprint density at radius 2 is 2.43 bits per heavy atom. The molecule has 112 valence electrons. The topological polar surface area (TPSA) is 67.1 Å². The number of pyridine rings is 1. The molecule has 0 aromatic carbocycles. The third-order valence-corrected chi connectivity index (χ3v) is 4.50. The van der Waals surface area contributed by atoms with Crippen LogP contribution in [0.4, 0.5) is 0 Å². The van der Waals surface area contributed by atoms with Crippen LogP contribution in [0.3, 0.4) is 0 Å². The summed E-state index contributed by atoms with van der Waals surface area (Å²) in [5, 5.41) is 7.48. The van der Waals surface area contributed by atoms with Crippen LogP contribution in [0, 0.1) is 0 Å². The van der Waals surface area contributed by atoms with Crippen LogP contribution in [0.5, 0.6) is 0 Å². The van der Waals surface area contributed by atoms with Crippen molar-refractivity contribution in [2.24, 2.45) is 0 Å². The van der Waals surface area contributed by atoms with Crippen molar-refractivity contribution in [3.8, 4) is 0 Å². The molecule has 1 aliphatic heterocycles. The summed E-state index contributed by atoms with van der Waals surface area (Å²) in [7, 11) is 2.10. The number of rotatable bonds is 5. The molecule has 21 heavy (non-hydrogen) atoms. The average Bonchev–Trinajstić information content (AvgIpc) is 2.97. The molecule has 0 radical (unpaired) electrons. The quantitative estimate of drug-likeness (QED) is 0.897. The Bertz CT molecular complexity index is 562. The van der Waals surface area contributed by atoms with Crippen LogP contribution in [0.15, 0.2) is 29.0 Å². The summed E-state index contributed by atoms with van der Waals surface area (Å²) in [6.07, 6.45) is 3.67. The van der Waals surface area contributed by atoms with Gasteiger partial charge in [-0.1, -0.05) is 11.2 Å². The molecule has 7 heteroatoms. The second kappa shape index (κ2) is 7.02. The van der Waals surface area contributed by atoms with Crippen molar-refractivity contribution in [1.29, 1.82) is 0 Å². The number of nitrogens with zero attached hydrogens (tertiary/aromatic N) is 4. The van der Waals surface area contributed by atoms with Gasteiger partial charge >= 0.3 is 0 Å². The maximum absolute atomic E-state index is 5.35. The van der Waals surface area contributed by atoms with Gasteiger partial charge in [0, 0.05) is 37.8 Å². The summed E-state index contributed by atoms with van der Waals surface area (Å²) in [6, 6.07) is 4.23. The predicted octanol–water partition coefficient (Wildman–Crippen LogP) is 1.47. The maximum atomic E-state index is 5.35. The van der Waals surface area contributed by atoms with E-state index in [1.54, 1.807) is 18.0 Å². The maximum Gasteiger partial charge on any atom is 0.236 e. The van der Waals surface area contributed by atoms with Crippen molar-refractivity contribution in [1.82, 2.24) is 25.3 Å². The Balaban J connectivity index is 1.53. The van der Waals surface area contributed by atoms with Gasteiger partial charge in [0.15, 0.2) is 5.82 Å². The summed E-state index contributed by atoms with van der Waals surface area (Å²) < 4.78 is 5.35. The molecule has 0 aliphatic carbocycles. The van der Waals surface area contributed by atoms with Crippen LogP contribution in [0.25, 0.3) is 0 Å². The highest BCUT2D eigenvalue weighted by Crippen LogP contribution is 2.20. The SMILES string of the molecule is CN1CCNCC1c1noc(CSCc2cccnc2)n1. The van der Waals surface area contributed by atoms with Crippen LogP contribution < -0.4 is 5.32 Å². The van der Waals surface area contributed by atoms with Crippen LogP contribution in [-0.4, -0.2) is 46.7 Å². The molecule has 1 fully saturated rings. The lowest BCUT2D eigenvalue weighted by Crippen LogP contribution is -2.44. The molecule has 2 aromatic heterocycles. The van der Waals surface area contributed by atoms with Crippen molar-refractivity contribution in [2.75, 3.05) is 26.7 Å². The number of aromatic nitrogens is 3. The van der Waals surface area contributed by atoms with Gasteiger partial charge in [-0.15, -0.1) is 11.8 Å². The molecule has 1 unspecified atom stereocenters. The Hall–Kier alpha value is -1.44. The zero-order chi connectivity index (χ0) is 14.5. The fraction of sp³-hybridized carbons (Fsp3) is 0.500. The van der Waals surface area contributed by atoms with Crippen molar-refractivity contribution in [3.63, 3.8) is 0 Å². The number of likely N-dealkylation sites (N-methyl/N-ethyl adjacent to an activating group) is 1. The number of nitrogens with one attached hydrogen (secondary N) is 1. The predicted molar refractivity (Wildman–Crippen MR) is 81.8 cm³/mol. The second-order valence-electron chi connectivity index (χ2n) is 5.10. The zero-order valence-electron chi connectivity index (χ0n) is 12.0. The Morgan fingerprint density at radius 1 is 1.48 bits per heavy atom. The molecular formula is C14H19N5OS. The molecule has 3 heterocycles.